The summed E-state index contributed by atoms with van der Waals surface area (Å²) in [6.07, 6.45) is 2.70. The fraction of sp³-hybridized carbons (Fsp3) is 0.0833. The van der Waals surface area contributed by atoms with Crippen LogP contribution in [-0.2, 0) is 0 Å². The average Bonchev–Trinajstić information content (AvgIpc) is 2.83. The lowest BCUT2D eigenvalue weighted by Gasteiger charge is -1.97. The largest absolute Gasteiger partial charge is 0.461 e. The lowest BCUT2D eigenvalue weighted by atomic mass is 10.1. The predicted molar refractivity (Wildman–Crippen MR) is 56.2 cm³/mol. The van der Waals surface area contributed by atoms with Gasteiger partial charge in [0.05, 0.1) is 12.7 Å². The number of furan rings is 1. The number of carbonyl (C=O) groups excluding carboxylic acids is 2. The fourth-order valence-electron chi connectivity index (χ4n) is 1.29. The highest BCUT2D eigenvalue weighted by atomic mass is 16.3. The molecule has 0 N–H and O–H groups in total. The number of carbonyl (C=O) groups is 2. The number of hydrogen-bond donors (Lipinski definition) is 0. The van der Waals surface area contributed by atoms with Crippen LogP contribution in [0.2, 0.25) is 0 Å². The van der Waals surface area contributed by atoms with Gasteiger partial charge in [0.15, 0.2) is 11.5 Å². The van der Waals surface area contributed by atoms with Crippen LogP contribution in [0.15, 0.2) is 47.2 Å². The van der Waals surface area contributed by atoms with E-state index in [0.29, 0.717) is 5.69 Å². The van der Waals surface area contributed by atoms with E-state index < -0.39 is 0 Å². The summed E-state index contributed by atoms with van der Waals surface area (Å²) in [4.78, 5) is 27.1. The summed E-state index contributed by atoms with van der Waals surface area (Å²) in [7, 11) is 0. The van der Waals surface area contributed by atoms with Crippen molar-refractivity contribution < 1.29 is 14.0 Å². The van der Waals surface area contributed by atoms with Crippen molar-refractivity contribution in [3.8, 4) is 0 Å². The number of rotatable bonds is 4. The Bertz CT molecular complexity index is 488. The van der Waals surface area contributed by atoms with Gasteiger partial charge < -0.3 is 4.42 Å². The Balaban J connectivity index is 2.06. The summed E-state index contributed by atoms with van der Waals surface area (Å²) >= 11 is 0. The topological polar surface area (TPSA) is 60.2 Å². The Kier molecular flexibility index (Phi) is 2.91. The quantitative estimate of drug-likeness (QED) is 0.579. The molecule has 0 bridgehead atoms. The molecular weight excluding hydrogens is 206 g/mol. The first kappa shape index (κ1) is 10.3. The zero-order valence-corrected chi connectivity index (χ0v) is 8.42. The highest BCUT2D eigenvalue weighted by Gasteiger charge is 2.15. The maximum Gasteiger partial charge on any atom is 0.205 e. The summed E-state index contributed by atoms with van der Waals surface area (Å²) in [6.45, 7) is 0. The molecule has 0 atom stereocenters. The van der Waals surface area contributed by atoms with Crippen molar-refractivity contribution in [3.05, 3.63) is 54.2 Å². The van der Waals surface area contributed by atoms with Crippen LogP contribution in [0.5, 0.6) is 0 Å². The van der Waals surface area contributed by atoms with Gasteiger partial charge in [-0.25, -0.2) is 0 Å². The van der Waals surface area contributed by atoms with E-state index in [0.717, 1.165) is 0 Å². The molecule has 0 saturated heterocycles. The third kappa shape index (κ3) is 2.23. The highest BCUT2D eigenvalue weighted by Crippen LogP contribution is 2.07. The lowest BCUT2D eigenvalue weighted by molar-refractivity contribution is 0.0875. The van der Waals surface area contributed by atoms with Crippen molar-refractivity contribution in [2.24, 2.45) is 0 Å². The molecule has 0 amide bonds. The molecule has 2 aromatic heterocycles. The van der Waals surface area contributed by atoms with Gasteiger partial charge in [0.1, 0.15) is 5.69 Å². The van der Waals surface area contributed by atoms with Crippen molar-refractivity contribution in [1.29, 1.82) is 0 Å². The second kappa shape index (κ2) is 4.53. The molecule has 0 saturated carbocycles. The SMILES string of the molecule is O=C(CC(=O)c1ccco1)c1ccccn1. The Morgan fingerprint density at radius 2 is 2.00 bits per heavy atom. The minimum Gasteiger partial charge on any atom is -0.461 e. The van der Waals surface area contributed by atoms with Crippen LogP contribution in [0.1, 0.15) is 27.5 Å². The van der Waals surface area contributed by atoms with Crippen molar-refractivity contribution in [3.63, 3.8) is 0 Å². The van der Waals surface area contributed by atoms with Gasteiger partial charge in [0, 0.05) is 6.20 Å². The number of nitrogens with zero attached hydrogens (tertiary/aromatic N) is 1. The van der Waals surface area contributed by atoms with E-state index in [1.54, 1.807) is 24.3 Å². The summed E-state index contributed by atoms with van der Waals surface area (Å²) in [5.41, 5.74) is 0.294. The van der Waals surface area contributed by atoms with E-state index >= 15 is 0 Å². The molecule has 0 unspecified atom stereocenters. The molecule has 80 valence electrons. The number of Topliss-reactive ketones (excluding diaryl/α,β-unsaturated/α-hetero) is 2. The molecule has 0 aliphatic rings. The molecule has 4 nitrogen and oxygen atoms in total. The maximum absolute atomic E-state index is 11.6. The Hall–Kier alpha value is -2.23. The molecule has 2 aromatic rings. The van der Waals surface area contributed by atoms with Crippen LogP contribution >= 0.6 is 0 Å². The van der Waals surface area contributed by atoms with Crippen molar-refractivity contribution in [2.45, 2.75) is 6.42 Å². The molecule has 0 spiro atoms. The van der Waals surface area contributed by atoms with E-state index in [2.05, 4.69) is 4.98 Å². The second-order valence-electron chi connectivity index (χ2n) is 3.22. The van der Waals surface area contributed by atoms with Gasteiger partial charge in [-0.05, 0) is 24.3 Å². The van der Waals surface area contributed by atoms with Gasteiger partial charge in [-0.1, -0.05) is 6.07 Å². The third-order valence-electron chi connectivity index (χ3n) is 2.07. The normalized spacial score (nSPS) is 10.0. The van der Waals surface area contributed by atoms with Gasteiger partial charge in [0.2, 0.25) is 5.78 Å². The minimum absolute atomic E-state index is 0.198. The molecular formula is C12H9NO3. The van der Waals surface area contributed by atoms with E-state index in [-0.39, 0.29) is 23.7 Å². The van der Waals surface area contributed by atoms with Crippen molar-refractivity contribution in [2.75, 3.05) is 0 Å². The highest BCUT2D eigenvalue weighted by molar-refractivity contribution is 6.11. The van der Waals surface area contributed by atoms with Crippen LogP contribution in [-0.4, -0.2) is 16.6 Å². The Morgan fingerprint density at radius 3 is 2.62 bits per heavy atom. The zero-order chi connectivity index (χ0) is 11.4. The molecule has 0 aromatic carbocycles. The first-order valence-corrected chi connectivity index (χ1v) is 4.78. The molecule has 0 radical (unpaired) electrons. The molecule has 2 heterocycles. The van der Waals surface area contributed by atoms with E-state index in [1.807, 2.05) is 0 Å². The summed E-state index contributed by atoms with van der Waals surface area (Å²) in [5.74, 6) is -0.438. The van der Waals surface area contributed by atoms with Crippen LogP contribution in [0.3, 0.4) is 0 Å². The van der Waals surface area contributed by atoms with Gasteiger partial charge >= 0.3 is 0 Å². The molecule has 0 aliphatic carbocycles. The smallest absolute Gasteiger partial charge is 0.205 e. The molecule has 16 heavy (non-hydrogen) atoms. The lowest BCUT2D eigenvalue weighted by Crippen LogP contribution is -2.09. The summed E-state index contributed by atoms with van der Waals surface area (Å²) < 4.78 is 4.91. The van der Waals surface area contributed by atoms with Crippen LogP contribution in [0.4, 0.5) is 0 Å². The Labute approximate surface area is 91.9 Å². The van der Waals surface area contributed by atoms with Crippen molar-refractivity contribution >= 4 is 11.6 Å². The van der Waals surface area contributed by atoms with Crippen LogP contribution in [0.25, 0.3) is 0 Å². The number of hydrogen-bond acceptors (Lipinski definition) is 4. The number of aromatic nitrogens is 1. The molecule has 2 rings (SSSR count). The third-order valence-corrected chi connectivity index (χ3v) is 2.07. The Morgan fingerprint density at radius 1 is 1.12 bits per heavy atom. The summed E-state index contributed by atoms with van der Waals surface area (Å²) in [6, 6.07) is 8.15. The van der Waals surface area contributed by atoms with E-state index in [9.17, 15) is 9.59 Å². The van der Waals surface area contributed by atoms with Gasteiger partial charge in [0.25, 0.3) is 0 Å². The molecule has 0 aliphatic heterocycles. The zero-order valence-electron chi connectivity index (χ0n) is 8.42. The maximum atomic E-state index is 11.6. The van der Waals surface area contributed by atoms with Crippen molar-refractivity contribution in [1.82, 2.24) is 4.98 Å². The van der Waals surface area contributed by atoms with Crippen LogP contribution in [0, 0.1) is 0 Å². The monoisotopic (exact) mass is 215 g/mol. The fourth-order valence-corrected chi connectivity index (χ4v) is 1.29. The van der Waals surface area contributed by atoms with Gasteiger partial charge in [-0.2, -0.15) is 0 Å². The van der Waals surface area contributed by atoms with Gasteiger partial charge in [-0.15, -0.1) is 0 Å². The predicted octanol–water partition coefficient (Wildman–Crippen LogP) is 2.13. The molecule has 0 fully saturated rings. The van der Waals surface area contributed by atoms with Gasteiger partial charge in [-0.3, -0.25) is 14.6 Å². The molecule has 4 heteroatoms. The number of pyridine rings is 1. The summed E-state index contributed by atoms with van der Waals surface area (Å²) in [5, 5.41) is 0. The first-order chi connectivity index (χ1) is 7.77. The van der Waals surface area contributed by atoms with E-state index in [1.165, 1.54) is 18.5 Å². The van der Waals surface area contributed by atoms with Crippen LogP contribution < -0.4 is 0 Å². The first-order valence-electron chi connectivity index (χ1n) is 4.78. The average molecular weight is 215 g/mol. The number of ketones is 2. The standard InChI is InChI=1S/C12H9NO3/c14-10(9-4-1-2-6-13-9)8-11(15)12-5-3-7-16-12/h1-7H,8H2. The minimum atomic E-state index is -0.333. The van der Waals surface area contributed by atoms with E-state index in [4.69, 9.17) is 4.42 Å². The second-order valence-corrected chi connectivity index (χ2v) is 3.22.